The summed E-state index contributed by atoms with van der Waals surface area (Å²) in [6.07, 6.45) is 1.33. The third-order valence-electron chi connectivity index (χ3n) is 3.76. The van der Waals surface area contributed by atoms with Crippen molar-refractivity contribution in [1.82, 2.24) is 5.32 Å². The van der Waals surface area contributed by atoms with Gasteiger partial charge in [-0.15, -0.1) is 0 Å². The predicted molar refractivity (Wildman–Crippen MR) is 101 cm³/mol. The van der Waals surface area contributed by atoms with E-state index in [2.05, 4.69) is 21.2 Å². The van der Waals surface area contributed by atoms with Crippen LogP contribution < -0.4 is 15.0 Å². The molecule has 1 heterocycles. The fourth-order valence-electron chi connectivity index (χ4n) is 2.56. The van der Waals surface area contributed by atoms with Crippen molar-refractivity contribution >= 4 is 45.5 Å². The number of carbonyl (C=O) groups excluding carboxylic acids is 3. The first-order valence-electron chi connectivity index (χ1n) is 8.00. The Morgan fingerprint density at radius 2 is 1.93 bits per heavy atom. The van der Waals surface area contributed by atoms with Crippen LogP contribution in [0.4, 0.5) is 14.9 Å². The van der Waals surface area contributed by atoms with Crippen molar-refractivity contribution < 1.29 is 23.5 Å². The van der Waals surface area contributed by atoms with Gasteiger partial charge in [-0.25, -0.2) is 14.1 Å². The normalized spacial score (nSPS) is 15.9. The number of amides is 4. The van der Waals surface area contributed by atoms with Crippen LogP contribution in [0.5, 0.6) is 5.75 Å². The molecule has 0 aromatic heterocycles. The third-order valence-corrected chi connectivity index (χ3v) is 4.38. The molecule has 1 aliphatic heterocycles. The lowest BCUT2D eigenvalue weighted by atomic mass is 10.1. The highest BCUT2D eigenvalue weighted by Crippen LogP contribution is 2.28. The first-order valence-corrected chi connectivity index (χ1v) is 8.80. The molecular weight excluding hydrogens is 419 g/mol. The Balaban J connectivity index is 2.00. The molecule has 1 fully saturated rings. The summed E-state index contributed by atoms with van der Waals surface area (Å²) < 4.78 is 20.1. The summed E-state index contributed by atoms with van der Waals surface area (Å²) in [7, 11) is 0. The minimum atomic E-state index is -1.000. The van der Waals surface area contributed by atoms with Crippen molar-refractivity contribution in [3.8, 4) is 5.75 Å². The topological polar surface area (TPSA) is 75.7 Å². The number of nitrogens with zero attached hydrogens (tertiary/aromatic N) is 1. The van der Waals surface area contributed by atoms with Gasteiger partial charge >= 0.3 is 6.03 Å². The van der Waals surface area contributed by atoms with Crippen LogP contribution in [0.25, 0.3) is 6.08 Å². The van der Waals surface area contributed by atoms with Crippen LogP contribution in [0.2, 0.25) is 0 Å². The number of hydrogen-bond acceptors (Lipinski definition) is 4. The SMILES string of the molecule is CCOc1ccc(/C=C2/C(=O)NC(=O)N(c3ccccc3F)C2=O)cc1Br. The van der Waals surface area contributed by atoms with Crippen LogP contribution in [0.1, 0.15) is 12.5 Å². The zero-order chi connectivity index (χ0) is 19.6. The molecule has 1 N–H and O–H groups in total. The molecule has 2 aromatic rings. The van der Waals surface area contributed by atoms with Crippen LogP contribution in [0.3, 0.4) is 0 Å². The average Bonchev–Trinajstić information content (AvgIpc) is 2.62. The maximum absolute atomic E-state index is 14.0. The lowest BCUT2D eigenvalue weighted by molar-refractivity contribution is -0.122. The molecule has 4 amide bonds. The highest BCUT2D eigenvalue weighted by Gasteiger charge is 2.37. The van der Waals surface area contributed by atoms with E-state index in [0.29, 0.717) is 27.3 Å². The van der Waals surface area contributed by atoms with Gasteiger partial charge in [0, 0.05) is 0 Å². The Hall–Kier alpha value is -3.00. The number of halogens is 2. The molecule has 27 heavy (non-hydrogen) atoms. The number of anilines is 1. The van der Waals surface area contributed by atoms with Crippen LogP contribution in [0, 0.1) is 5.82 Å². The van der Waals surface area contributed by atoms with Gasteiger partial charge in [0.1, 0.15) is 17.1 Å². The summed E-state index contributed by atoms with van der Waals surface area (Å²) in [4.78, 5) is 37.6. The minimum Gasteiger partial charge on any atom is -0.493 e. The standard InChI is InChI=1S/C19H14BrFN2O4/c1-2-27-16-8-7-11(10-13(16)20)9-12-17(24)22-19(26)23(18(12)25)15-6-4-3-5-14(15)21/h3-10H,2H2,1H3,(H,22,24,26)/b12-9-. The number of rotatable bonds is 4. The predicted octanol–water partition coefficient (Wildman–Crippen LogP) is 3.65. The number of hydrogen-bond donors (Lipinski definition) is 1. The van der Waals surface area contributed by atoms with Gasteiger partial charge in [-0.1, -0.05) is 18.2 Å². The first-order chi connectivity index (χ1) is 12.9. The first kappa shape index (κ1) is 18.8. The average molecular weight is 433 g/mol. The smallest absolute Gasteiger partial charge is 0.336 e. The van der Waals surface area contributed by atoms with Crippen LogP contribution in [0.15, 0.2) is 52.5 Å². The fourth-order valence-corrected chi connectivity index (χ4v) is 3.07. The zero-order valence-corrected chi connectivity index (χ0v) is 15.7. The summed E-state index contributed by atoms with van der Waals surface area (Å²) in [6.45, 7) is 2.33. The summed E-state index contributed by atoms with van der Waals surface area (Å²) in [5.74, 6) is -1.89. The number of ether oxygens (including phenoxy) is 1. The van der Waals surface area contributed by atoms with E-state index in [1.165, 1.54) is 24.3 Å². The second-order valence-corrected chi connectivity index (χ2v) is 6.39. The summed E-state index contributed by atoms with van der Waals surface area (Å²) in [6, 6.07) is 9.35. The van der Waals surface area contributed by atoms with E-state index in [9.17, 15) is 18.8 Å². The van der Waals surface area contributed by atoms with Crippen molar-refractivity contribution in [3.63, 3.8) is 0 Å². The Kier molecular flexibility index (Phi) is 5.36. The van der Waals surface area contributed by atoms with E-state index < -0.39 is 23.7 Å². The molecule has 0 aliphatic carbocycles. The number of nitrogens with one attached hydrogen (secondary N) is 1. The molecule has 1 saturated heterocycles. The monoisotopic (exact) mass is 432 g/mol. The molecule has 3 rings (SSSR count). The van der Waals surface area contributed by atoms with E-state index >= 15 is 0 Å². The number of barbiturate groups is 1. The molecule has 0 unspecified atom stereocenters. The van der Waals surface area contributed by atoms with Gasteiger partial charge in [0.25, 0.3) is 11.8 Å². The largest absolute Gasteiger partial charge is 0.493 e. The van der Waals surface area contributed by atoms with Crippen LogP contribution in [-0.4, -0.2) is 24.5 Å². The van der Waals surface area contributed by atoms with Gasteiger partial charge in [-0.05, 0) is 58.8 Å². The molecule has 0 bridgehead atoms. The van der Waals surface area contributed by atoms with Crippen LogP contribution in [-0.2, 0) is 9.59 Å². The lowest BCUT2D eigenvalue weighted by Gasteiger charge is -2.26. The number of carbonyl (C=O) groups is 3. The second-order valence-electron chi connectivity index (χ2n) is 5.53. The lowest BCUT2D eigenvalue weighted by Crippen LogP contribution is -2.54. The van der Waals surface area contributed by atoms with E-state index in [4.69, 9.17) is 4.74 Å². The molecule has 6 nitrogen and oxygen atoms in total. The molecule has 138 valence electrons. The molecule has 8 heteroatoms. The molecule has 0 spiro atoms. The van der Waals surface area contributed by atoms with E-state index in [0.717, 1.165) is 6.07 Å². The Labute approximate surface area is 162 Å². The van der Waals surface area contributed by atoms with Gasteiger partial charge < -0.3 is 4.74 Å². The molecule has 0 saturated carbocycles. The van der Waals surface area contributed by atoms with E-state index in [1.807, 2.05) is 6.92 Å². The van der Waals surface area contributed by atoms with E-state index in [-0.39, 0.29) is 11.3 Å². The summed E-state index contributed by atoms with van der Waals surface area (Å²) in [5.41, 5.74) is 0.0202. The molecule has 1 aliphatic rings. The Morgan fingerprint density at radius 3 is 2.59 bits per heavy atom. The zero-order valence-electron chi connectivity index (χ0n) is 14.2. The number of benzene rings is 2. The number of para-hydroxylation sites is 1. The number of urea groups is 1. The van der Waals surface area contributed by atoms with Gasteiger partial charge in [0.15, 0.2) is 0 Å². The quantitative estimate of drug-likeness (QED) is 0.590. The minimum absolute atomic E-state index is 0.230. The number of imide groups is 2. The highest BCUT2D eigenvalue weighted by atomic mass is 79.9. The van der Waals surface area contributed by atoms with Crippen molar-refractivity contribution in [2.75, 3.05) is 11.5 Å². The van der Waals surface area contributed by atoms with Gasteiger partial charge in [0.2, 0.25) is 0 Å². The highest BCUT2D eigenvalue weighted by molar-refractivity contribution is 9.10. The van der Waals surface area contributed by atoms with Gasteiger partial charge in [-0.3, -0.25) is 14.9 Å². The van der Waals surface area contributed by atoms with Gasteiger partial charge in [-0.2, -0.15) is 0 Å². The molecule has 0 radical (unpaired) electrons. The maximum atomic E-state index is 14.0. The Bertz CT molecular complexity index is 974. The van der Waals surface area contributed by atoms with Crippen molar-refractivity contribution in [3.05, 3.63) is 63.9 Å². The molecule has 2 aromatic carbocycles. The fraction of sp³-hybridized carbons (Fsp3) is 0.105. The second kappa shape index (κ2) is 7.71. The van der Waals surface area contributed by atoms with Gasteiger partial charge in [0.05, 0.1) is 16.8 Å². The summed E-state index contributed by atoms with van der Waals surface area (Å²) in [5, 5.41) is 2.06. The van der Waals surface area contributed by atoms with Crippen molar-refractivity contribution in [2.45, 2.75) is 6.92 Å². The third kappa shape index (κ3) is 3.75. The Morgan fingerprint density at radius 1 is 1.19 bits per heavy atom. The van der Waals surface area contributed by atoms with Crippen molar-refractivity contribution in [2.24, 2.45) is 0 Å². The van der Waals surface area contributed by atoms with Crippen molar-refractivity contribution in [1.29, 1.82) is 0 Å². The molecular formula is C19H14BrFN2O4. The van der Waals surface area contributed by atoms with Crippen LogP contribution >= 0.6 is 15.9 Å². The van der Waals surface area contributed by atoms with E-state index in [1.54, 1.807) is 18.2 Å². The summed E-state index contributed by atoms with van der Waals surface area (Å²) >= 11 is 3.36. The molecule has 0 atom stereocenters. The maximum Gasteiger partial charge on any atom is 0.336 e.